The van der Waals surface area contributed by atoms with Gasteiger partial charge in [0.25, 0.3) is 0 Å². The Hall–Kier alpha value is 0.0969. The summed E-state index contributed by atoms with van der Waals surface area (Å²) in [5.74, 6) is 0.859. The Morgan fingerprint density at radius 2 is 1.31 bits per heavy atom. The van der Waals surface area contributed by atoms with Crippen LogP contribution in [0, 0.1) is 5.92 Å². The molecular formula is C12H26O3Si. The molecule has 0 aromatic heterocycles. The van der Waals surface area contributed by atoms with Crippen molar-refractivity contribution >= 4 is 8.80 Å². The Morgan fingerprint density at radius 1 is 0.875 bits per heavy atom. The van der Waals surface area contributed by atoms with Crippen molar-refractivity contribution in [1.29, 1.82) is 0 Å². The normalized spacial score (nSPS) is 25.5. The van der Waals surface area contributed by atoms with Crippen molar-refractivity contribution < 1.29 is 13.3 Å². The molecule has 3 nitrogen and oxygen atoms in total. The van der Waals surface area contributed by atoms with Crippen LogP contribution < -0.4 is 0 Å². The minimum absolute atomic E-state index is 0.539. The summed E-state index contributed by atoms with van der Waals surface area (Å²) < 4.78 is 17.7. The van der Waals surface area contributed by atoms with Crippen LogP contribution in [0.4, 0.5) is 0 Å². The van der Waals surface area contributed by atoms with Crippen LogP contribution in [0.3, 0.4) is 0 Å². The van der Waals surface area contributed by atoms with E-state index in [1.807, 2.05) is 20.8 Å². The summed E-state index contributed by atoms with van der Waals surface area (Å²) in [6, 6.07) is 0. The van der Waals surface area contributed by atoms with E-state index in [0.29, 0.717) is 25.4 Å². The van der Waals surface area contributed by atoms with Crippen LogP contribution in [-0.2, 0) is 13.3 Å². The van der Waals surface area contributed by atoms with E-state index in [-0.39, 0.29) is 0 Å². The second-order valence-electron chi connectivity index (χ2n) is 4.35. The fraction of sp³-hybridized carbons (Fsp3) is 1.00. The van der Waals surface area contributed by atoms with E-state index < -0.39 is 8.80 Å². The second-order valence-corrected chi connectivity index (χ2v) is 7.23. The van der Waals surface area contributed by atoms with Gasteiger partial charge in [-0.05, 0) is 39.5 Å². The van der Waals surface area contributed by atoms with E-state index in [1.165, 1.54) is 19.3 Å². The molecule has 96 valence electrons. The number of hydrogen-bond acceptors (Lipinski definition) is 3. The lowest BCUT2D eigenvalue weighted by molar-refractivity contribution is 0.0415. The lowest BCUT2D eigenvalue weighted by Crippen LogP contribution is -2.54. The van der Waals surface area contributed by atoms with E-state index >= 15 is 0 Å². The Balaban J connectivity index is 2.60. The lowest BCUT2D eigenvalue weighted by atomic mass is 9.83. The highest BCUT2D eigenvalue weighted by atomic mass is 28.4. The highest BCUT2D eigenvalue weighted by Gasteiger charge is 2.54. The van der Waals surface area contributed by atoms with Crippen molar-refractivity contribution in [3.63, 3.8) is 0 Å². The molecule has 16 heavy (non-hydrogen) atoms. The Bertz CT molecular complexity index is 176. The molecule has 1 rings (SSSR count). The largest absolute Gasteiger partial charge is 0.504 e. The summed E-state index contributed by atoms with van der Waals surface area (Å²) >= 11 is 0. The van der Waals surface area contributed by atoms with Crippen molar-refractivity contribution in [2.24, 2.45) is 5.92 Å². The Labute approximate surface area is 101 Å². The summed E-state index contributed by atoms with van der Waals surface area (Å²) in [7, 11) is -2.37. The zero-order chi connectivity index (χ0) is 12.0. The second kappa shape index (κ2) is 6.74. The van der Waals surface area contributed by atoms with Gasteiger partial charge in [0, 0.05) is 25.4 Å². The molecule has 0 atom stereocenters. The van der Waals surface area contributed by atoms with Crippen LogP contribution >= 0.6 is 0 Å². The van der Waals surface area contributed by atoms with Gasteiger partial charge in [-0.1, -0.05) is 13.3 Å². The molecule has 0 aromatic rings. The highest BCUT2D eigenvalue weighted by Crippen LogP contribution is 2.47. The quantitative estimate of drug-likeness (QED) is 0.615. The maximum Gasteiger partial charge on any atom is 0.504 e. The van der Waals surface area contributed by atoms with Gasteiger partial charge in [-0.2, -0.15) is 0 Å². The maximum atomic E-state index is 5.90. The molecule has 0 radical (unpaired) electrons. The third-order valence-corrected chi connectivity index (χ3v) is 6.89. The molecule has 0 bridgehead atoms. The summed E-state index contributed by atoms with van der Waals surface area (Å²) in [6.07, 6.45) is 3.72. The van der Waals surface area contributed by atoms with Gasteiger partial charge >= 0.3 is 8.80 Å². The summed E-state index contributed by atoms with van der Waals surface area (Å²) in [4.78, 5) is 0. The molecular weight excluding hydrogens is 220 g/mol. The molecule has 0 unspecified atom stereocenters. The van der Waals surface area contributed by atoms with E-state index in [4.69, 9.17) is 13.3 Å². The first-order valence-corrected chi connectivity index (χ1v) is 8.44. The zero-order valence-corrected chi connectivity index (χ0v) is 12.1. The molecule has 1 aliphatic carbocycles. The van der Waals surface area contributed by atoms with Gasteiger partial charge in [0.15, 0.2) is 0 Å². The molecule has 0 spiro atoms. The van der Waals surface area contributed by atoms with Crippen LogP contribution in [-0.4, -0.2) is 28.6 Å². The smallest absolute Gasteiger partial charge is 0.374 e. The van der Waals surface area contributed by atoms with Crippen LogP contribution in [0.1, 0.15) is 47.0 Å². The van der Waals surface area contributed by atoms with Gasteiger partial charge in [0.1, 0.15) is 0 Å². The first kappa shape index (κ1) is 14.2. The molecule has 0 saturated heterocycles. The molecule has 1 saturated carbocycles. The summed E-state index contributed by atoms with van der Waals surface area (Å²) in [5, 5.41) is 0. The SMILES string of the molecule is CCO[Si](OCC)(OCC)C1CC(CC)C1. The van der Waals surface area contributed by atoms with Crippen molar-refractivity contribution in [2.75, 3.05) is 19.8 Å². The molecule has 0 amide bonds. The molecule has 0 N–H and O–H groups in total. The predicted octanol–water partition coefficient (Wildman–Crippen LogP) is 3.23. The molecule has 4 heteroatoms. The van der Waals surface area contributed by atoms with E-state index in [1.54, 1.807) is 0 Å². The minimum Gasteiger partial charge on any atom is -0.374 e. The maximum absolute atomic E-state index is 5.90. The van der Waals surface area contributed by atoms with E-state index in [9.17, 15) is 0 Å². The molecule has 1 aliphatic rings. The van der Waals surface area contributed by atoms with Crippen molar-refractivity contribution in [1.82, 2.24) is 0 Å². The molecule has 0 aliphatic heterocycles. The lowest BCUT2D eigenvalue weighted by Gasteiger charge is -2.43. The average Bonchev–Trinajstić information content (AvgIpc) is 2.17. The zero-order valence-electron chi connectivity index (χ0n) is 11.1. The van der Waals surface area contributed by atoms with E-state index in [0.717, 1.165) is 5.92 Å². The first-order chi connectivity index (χ1) is 7.72. The van der Waals surface area contributed by atoms with Crippen LogP contribution in [0.2, 0.25) is 5.54 Å². The average molecular weight is 246 g/mol. The molecule has 0 heterocycles. The molecule has 1 fully saturated rings. The van der Waals surface area contributed by atoms with E-state index in [2.05, 4.69) is 6.92 Å². The third-order valence-electron chi connectivity index (χ3n) is 3.35. The molecule has 0 aromatic carbocycles. The Morgan fingerprint density at radius 3 is 1.62 bits per heavy atom. The predicted molar refractivity (Wildman–Crippen MR) is 67.4 cm³/mol. The van der Waals surface area contributed by atoms with Gasteiger partial charge in [-0.15, -0.1) is 0 Å². The van der Waals surface area contributed by atoms with Gasteiger partial charge in [0.05, 0.1) is 0 Å². The van der Waals surface area contributed by atoms with Crippen molar-refractivity contribution in [2.45, 2.75) is 52.5 Å². The summed E-state index contributed by atoms with van der Waals surface area (Å²) in [5.41, 5.74) is 0.539. The number of hydrogen-bond donors (Lipinski definition) is 0. The minimum atomic E-state index is -2.37. The standard InChI is InChI=1S/C12H26O3Si/c1-5-11-9-12(10-11)16(13-6-2,14-7-3)15-8-4/h11-12H,5-10H2,1-4H3. The van der Waals surface area contributed by atoms with Gasteiger partial charge < -0.3 is 13.3 Å². The van der Waals surface area contributed by atoms with Crippen LogP contribution in [0.15, 0.2) is 0 Å². The number of rotatable bonds is 8. The fourth-order valence-corrected chi connectivity index (χ4v) is 5.85. The fourth-order valence-electron chi connectivity index (χ4n) is 2.44. The first-order valence-electron chi connectivity index (χ1n) is 6.64. The third kappa shape index (κ3) is 3.06. The van der Waals surface area contributed by atoms with Crippen molar-refractivity contribution in [3.8, 4) is 0 Å². The van der Waals surface area contributed by atoms with Crippen molar-refractivity contribution in [3.05, 3.63) is 0 Å². The Kier molecular flexibility index (Phi) is 5.96. The van der Waals surface area contributed by atoms with Gasteiger partial charge in [-0.25, -0.2) is 0 Å². The van der Waals surface area contributed by atoms with Gasteiger partial charge in [-0.3, -0.25) is 0 Å². The monoisotopic (exact) mass is 246 g/mol. The van der Waals surface area contributed by atoms with Gasteiger partial charge in [0.2, 0.25) is 0 Å². The van der Waals surface area contributed by atoms with Crippen LogP contribution in [0.25, 0.3) is 0 Å². The highest BCUT2D eigenvalue weighted by molar-refractivity contribution is 6.62. The topological polar surface area (TPSA) is 27.7 Å². The summed E-state index contributed by atoms with van der Waals surface area (Å²) in [6.45, 7) is 10.4. The van der Waals surface area contributed by atoms with Crippen LogP contribution in [0.5, 0.6) is 0 Å².